The molecule has 1 aliphatic heterocycles. The number of nitrogens with zero attached hydrogens (tertiary/aromatic N) is 2. The minimum absolute atomic E-state index is 0.793. The second-order valence-corrected chi connectivity index (χ2v) is 4.11. The molecule has 0 bridgehead atoms. The molecule has 1 aliphatic rings. The van der Waals surface area contributed by atoms with E-state index in [1.807, 2.05) is 12.1 Å². The first-order valence-electron chi connectivity index (χ1n) is 4.50. The Bertz CT molecular complexity index is 318. The van der Waals surface area contributed by atoms with Gasteiger partial charge in [0.05, 0.1) is 29.3 Å². The van der Waals surface area contributed by atoms with Gasteiger partial charge < -0.3 is 14.8 Å². The van der Waals surface area contributed by atoms with Crippen LogP contribution in [-0.4, -0.2) is 37.7 Å². The summed E-state index contributed by atoms with van der Waals surface area (Å²) in [6.45, 7) is 3.47. The van der Waals surface area contributed by atoms with Crippen LogP contribution in [0.25, 0.3) is 0 Å². The second-order valence-electron chi connectivity index (χ2n) is 3.02. The molecule has 76 valence electrons. The zero-order valence-corrected chi connectivity index (χ0v) is 8.54. The summed E-state index contributed by atoms with van der Waals surface area (Å²) in [5.74, 6) is 0. The maximum absolute atomic E-state index is 8.38. The van der Waals surface area contributed by atoms with Crippen molar-refractivity contribution in [3.05, 3.63) is 17.0 Å². The van der Waals surface area contributed by atoms with Crippen LogP contribution in [0.2, 0.25) is 0 Å². The van der Waals surface area contributed by atoms with Gasteiger partial charge in [-0.3, -0.25) is 0 Å². The summed E-state index contributed by atoms with van der Waals surface area (Å²) in [5, 5.41) is 12.6. The van der Waals surface area contributed by atoms with Gasteiger partial charge >= 0.3 is 0 Å². The van der Waals surface area contributed by atoms with Crippen LogP contribution in [-0.2, 0) is 4.74 Å². The zero-order valence-electron chi connectivity index (χ0n) is 7.72. The van der Waals surface area contributed by atoms with Gasteiger partial charge in [0.1, 0.15) is 0 Å². The zero-order chi connectivity index (χ0) is 9.80. The highest BCUT2D eigenvalue weighted by molar-refractivity contribution is 7.17. The van der Waals surface area contributed by atoms with Gasteiger partial charge in [-0.05, 0) is 12.1 Å². The van der Waals surface area contributed by atoms with Crippen molar-refractivity contribution < 1.29 is 9.94 Å². The average molecular weight is 212 g/mol. The Hall–Kier alpha value is -1.07. The van der Waals surface area contributed by atoms with E-state index in [0.717, 1.165) is 31.2 Å². The number of oxime groups is 1. The molecule has 4 nitrogen and oxygen atoms in total. The number of ether oxygens (including phenoxy) is 1. The van der Waals surface area contributed by atoms with E-state index in [2.05, 4.69) is 10.1 Å². The van der Waals surface area contributed by atoms with Gasteiger partial charge in [0.25, 0.3) is 0 Å². The van der Waals surface area contributed by atoms with Crippen LogP contribution in [0.15, 0.2) is 17.3 Å². The summed E-state index contributed by atoms with van der Waals surface area (Å²) in [6.07, 6.45) is 1.45. The van der Waals surface area contributed by atoms with Crippen LogP contribution in [0.1, 0.15) is 4.88 Å². The Morgan fingerprint density at radius 3 is 2.93 bits per heavy atom. The molecule has 0 saturated carbocycles. The predicted octanol–water partition coefficient (Wildman–Crippen LogP) is 1.39. The number of rotatable bonds is 2. The van der Waals surface area contributed by atoms with Crippen molar-refractivity contribution >= 4 is 22.6 Å². The molecule has 1 saturated heterocycles. The first kappa shape index (κ1) is 9.48. The van der Waals surface area contributed by atoms with Gasteiger partial charge in [-0.15, -0.1) is 11.3 Å². The molecule has 0 aliphatic carbocycles. The highest BCUT2D eigenvalue weighted by atomic mass is 32.1. The van der Waals surface area contributed by atoms with E-state index in [-0.39, 0.29) is 0 Å². The number of anilines is 1. The van der Waals surface area contributed by atoms with E-state index in [1.54, 1.807) is 11.3 Å². The van der Waals surface area contributed by atoms with Crippen molar-refractivity contribution in [1.29, 1.82) is 0 Å². The van der Waals surface area contributed by atoms with Crippen LogP contribution in [0, 0.1) is 0 Å². The third-order valence-electron chi connectivity index (χ3n) is 2.12. The van der Waals surface area contributed by atoms with E-state index in [4.69, 9.17) is 9.94 Å². The summed E-state index contributed by atoms with van der Waals surface area (Å²) in [4.78, 5) is 3.25. The fourth-order valence-electron chi connectivity index (χ4n) is 1.42. The number of thiophene rings is 1. The molecular weight excluding hydrogens is 200 g/mol. The lowest BCUT2D eigenvalue weighted by atomic mass is 10.4. The number of morpholine rings is 1. The molecule has 2 heterocycles. The Kier molecular flexibility index (Phi) is 3.00. The Morgan fingerprint density at radius 2 is 2.21 bits per heavy atom. The van der Waals surface area contributed by atoms with E-state index in [9.17, 15) is 0 Å². The molecule has 5 heteroatoms. The lowest BCUT2D eigenvalue weighted by Gasteiger charge is -2.27. The Labute approximate surface area is 86.4 Å². The third kappa shape index (κ3) is 2.05. The van der Waals surface area contributed by atoms with E-state index < -0.39 is 0 Å². The van der Waals surface area contributed by atoms with E-state index >= 15 is 0 Å². The molecule has 2 rings (SSSR count). The minimum atomic E-state index is 0.793. The van der Waals surface area contributed by atoms with Gasteiger partial charge in [-0.1, -0.05) is 5.16 Å². The summed E-state index contributed by atoms with van der Waals surface area (Å²) in [7, 11) is 0. The Balaban J connectivity index is 2.07. The number of hydrogen-bond donors (Lipinski definition) is 1. The largest absolute Gasteiger partial charge is 0.411 e. The quantitative estimate of drug-likeness (QED) is 0.458. The fraction of sp³-hybridized carbons (Fsp3) is 0.444. The Morgan fingerprint density at radius 1 is 1.43 bits per heavy atom. The van der Waals surface area contributed by atoms with E-state index in [0.29, 0.717) is 0 Å². The molecule has 14 heavy (non-hydrogen) atoms. The lowest BCUT2D eigenvalue weighted by molar-refractivity contribution is 0.123. The minimum Gasteiger partial charge on any atom is -0.411 e. The van der Waals surface area contributed by atoms with Gasteiger partial charge in [-0.25, -0.2) is 0 Å². The van der Waals surface area contributed by atoms with Crippen molar-refractivity contribution in [2.24, 2.45) is 5.16 Å². The monoisotopic (exact) mass is 212 g/mol. The summed E-state index contributed by atoms with van der Waals surface area (Å²) in [5.41, 5.74) is 0. The van der Waals surface area contributed by atoms with Crippen LogP contribution in [0.4, 0.5) is 5.00 Å². The fourth-order valence-corrected chi connectivity index (χ4v) is 2.35. The normalized spacial score (nSPS) is 17.9. The molecule has 0 atom stereocenters. The maximum atomic E-state index is 8.38. The summed E-state index contributed by atoms with van der Waals surface area (Å²) < 4.78 is 5.27. The van der Waals surface area contributed by atoms with E-state index in [1.165, 1.54) is 11.2 Å². The molecule has 0 unspecified atom stereocenters. The first-order valence-corrected chi connectivity index (χ1v) is 5.32. The molecule has 1 fully saturated rings. The molecule has 0 spiro atoms. The van der Waals surface area contributed by atoms with Gasteiger partial charge in [0, 0.05) is 13.1 Å². The van der Waals surface area contributed by atoms with Crippen LogP contribution >= 0.6 is 11.3 Å². The molecule has 0 aromatic carbocycles. The average Bonchev–Trinajstić information content (AvgIpc) is 2.68. The second kappa shape index (κ2) is 4.43. The van der Waals surface area contributed by atoms with Crippen LogP contribution in [0.5, 0.6) is 0 Å². The molecule has 1 aromatic rings. The first-order chi connectivity index (χ1) is 6.90. The lowest BCUT2D eigenvalue weighted by Crippen LogP contribution is -2.35. The highest BCUT2D eigenvalue weighted by Gasteiger charge is 2.12. The van der Waals surface area contributed by atoms with Crippen LogP contribution < -0.4 is 4.90 Å². The number of hydrogen-bond acceptors (Lipinski definition) is 5. The molecule has 0 amide bonds. The van der Waals surface area contributed by atoms with Gasteiger partial charge in [-0.2, -0.15) is 0 Å². The third-order valence-corrected chi connectivity index (χ3v) is 3.20. The summed E-state index contributed by atoms with van der Waals surface area (Å²) in [6, 6.07) is 4.00. The van der Waals surface area contributed by atoms with Gasteiger partial charge in [0.15, 0.2) is 0 Å². The molecular formula is C9H12N2O2S. The predicted molar refractivity (Wildman–Crippen MR) is 56.7 cm³/mol. The smallest absolute Gasteiger partial charge is 0.0916 e. The molecule has 1 N–H and O–H groups in total. The summed E-state index contributed by atoms with van der Waals surface area (Å²) >= 11 is 1.63. The van der Waals surface area contributed by atoms with Crippen molar-refractivity contribution in [3.63, 3.8) is 0 Å². The van der Waals surface area contributed by atoms with Gasteiger partial charge in [0.2, 0.25) is 0 Å². The van der Waals surface area contributed by atoms with Crippen molar-refractivity contribution in [2.45, 2.75) is 0 Å². The van der Waals surface area contributed by atoms with Crippen molar-refractivity contribution in [3.8, 4) is 0 Å². The SMILES string of the molecule is ON=Cc1ccc(N2CCOCC2)s1. The maximum Gasteiger partial charge on any atom is 0.0916 e. The molecule has 0 radical (unpaired) electrons. The molecule has 1 aromatic heterocycles. The standard InChI is InChI=1S/C9H12N2O2S/c12-10-7-8-1-2-9(14-8)11-3-5-13-6-4-11/h1-2,7,12H,3-6H2. The topological polar surface area (TPSA) is 45.1 Å². The highest BCUT2D eigenvalue weighted by Crippen LogP contribution is 2.25. The van der Waals surface area contributed by atoms with Crippen LogP contribution in [0.3, 0.4) is 0 Å². The van der Waals surface area contributed by atoms with Crippen molar-refractivity contribution in [1.82, 2.24) is 0 Å². The van der Waals surface area contributed by atoms with Crippen molar-refractivity contribution in [2.75, 3.05) is 31.2 Å².